The summed E-state index contributed by atoms with van der Waals surface area (Å²) in [6.07, 6.45) is 3.39. The molecule has 2 aliphatic rings. The Morgan fingerprint density at radius 1 is 0.964 bits per heavy atom. The first-order chi connectivity index (χ1) is 13.5. The molecule has 1 heterocycles. The number of carbonyl (C=O) groups is 2. The number of Topliss-reactive ketones (excluding diaryl/α,β-unsaturated/α-hetero) is 2. The molecule has 3 nitrogen and oxygen atoms in total. The van der Waals surface area contributed by atoms with E-state index in [-0.39, 0.29) is 17.0 Å². The molecule has 2 fully saturated rings. The molecule has 0 radical (unpaired) electrons. The number of carbonyl (C=O) groups excluding carboxylic acids is 2. The van der Waals surface area contributed by atoms with Crippen molar-refractivity contribution in [3.8, 4) is 11.1 Å². The summed E-state index contributed by atoms with van der Waals surface area (Å²) in [4.78, 5) is 26.3. The highest BCUT2D eigenvalue weighted by Crippen LogP contribution is 2.46. The quantitative estimate of drug-likeness (QED) is 0.654. The van der Waals surface area contributed by atoms with Crippen molar-refractivity contribution in [1.82, 2.24) is 0 Å². The highest BCUT2D eigenvalue weighted by atomic mass is 35.5. The van der Waals surface area contributed by atoms with Crippen molar-refractivity contribution in [1.29, 1.82) is 0 Å². The van der Waals surface area contributed by atoms with Crippen molar-refractivity contribution in [2.75, 3.05) is 13.2 Å². The van der Waals surface area contributed by atoms with Crippen LogP contribution in [-0.4, -0.2) is 24.8 Å². The average Bonchev–Trinajstić information content (AvgIpc) is 2.68. The summed E-state index contributed by atoms with van der Waals surface area (Å²) < 4.78 is 5.46. The fourth-order valence-corrected chi connectivity index (χ4v) is 4.82. The lowest BCUT2D eigenvalue weighted by atomic mass is 9.63. The zero-order valence-electron chi connectivity index (χ0n) is 16.2. The van der Waals surface area contributed by atoms with E-state index in [2.05, 4.69) is 19.1 Å². The number of halogens is 1. The maximum absolute atomic E-state index is 13.2. The van der Waals surface area contributed by atoms with E-state index in [1.165, 1.54) is 0 Å². The maximum atomic E-state index is 13.2. The van der Waals surface area contributed by atoms with Gasteiger partial charge in [-0.1, -0.05) is 42.8 Å². The third kappa shape index (κ3) is 3.66. The van der Waals surface area contributed by atoms with Crippen LogP contribution in [-0.2, 0) is 20.7 Å². The Bertz CT molecular complexity index is 875. The molecule has 0 atom stereocenters. The Hall–Kier alpha value is -1.97. The highest BCUT2D eigenvalue weighted by molar-refractivity contribution is 6.30. The number of hydrogen-bond donors (Lipinski definition) is 0. The second-order valence-electron chi connectivity index (χ2n) is 8.11. The predicted molar refractivity (Wildman–Crippen MR) is 111 cm³/mol. The third-order valence-electron chi connectivity index (χ3n) is 6.31. The lowest BCUT2D eigenvalue weighted by Crippen LogP contribution is -2.42. The van der Waals surface area contributed by atoms with Gasteiger partial charge in [0, 0.05) is 31.1 Å². The summed E-state index contributed by atoms with van der Waals surface area (Å²) in [6, 6.07) is 13.8. The molecule has 1 aliphatic heterocycles. The van der Waals surface area contributed by atoms with Gasteiger partial charge in [-0.2, -0.15) is 0 Å². The Labute approximate surface area is 171 Å². The van der Waals surface area contributed by atoms with Gasteiger partial charge in [0.15, 0.2) is 0 Å². The maximum Gasteiger partial charge on any atom is 0.148 e. The first-order valence-corrected chi connectivity index (χ1v) is 10.4. The molecule has 146 valence electrons. The number of hydrogen-bond acceptors (Lipinski definition) is 3. The lowest BCUT2D eigenvalue weighted by Gasteiger charge is -2.41. The Morgan fingerprint density at radius 3 is 2.18 bits per heavy atom. The van der Waals surface area contributed by atoms with Gasteiger partial charge in [-0.05, 0) is 65.1 Å². The zero-order valence-corrected chi connectivity index (χ0v) is 16.9. The Morgan fingerprint density at radius 2 is 1.57 bits per heavy atom. The van der Waals surface area contributed by atoms with E-state index in [1.807, 2.05) is 30.3 Å². The topological polar surface area (TPSA) is 43.4 Å². The first-order valence-electron chi connectivity index (χ1n) is 10.0. The van der Waals surface area contributed by atoms with Crippen LogP contribution in [0.1, 0.15) is 49.7 Å². The lowest BCUT2D eigenvalue weighted by molar-refractivity contribution is -0.139. The van der Waals surface area contributed by atoms with Gasteiger partial charge in [0.05, 0.1) is 0 Å². The van der Waals surface area contributed by atoms with Gasteiger partial charge in [0.2, 0.25) is 0 Å². The van der Waals surface area contributed by atoms with Crippen LogP contribution in [0.15, 0.2) is 42.5 Å². The number of ether oxygens (including phenoxy) is 1. The van der Waals surface area contributed by atoms with E-state index in [0.717, 1.165) is 41.5 Å². The number of rotatable bonds is 3. The summed E-state index contributed by atoms with van der Waals surface area (Å²) in [6.45, 7) is 3.37. The van der Waals surface area contributed by atoms with Crippen LogP contribution in [0.2, 0.25) is 5.02 Å². The van der Waals surface area contributed by atoms with Crippen molar-refractivity contribution < 1.29 is 14.3 Å². The monoisotopic (exact) mass is 396 g/mol. The summed E-state index contributed by atoms with van der Waals surface area (Å²) in [7, 11) is 0. The van der Waals surface area contributed by atoms with Crippen molar-refractivity contribution >= 4 is 23.2 Å². The number of aryl methyl sites for hydroxylation is 1. The molecule has 0 bridgehead atoms. The Kier molecular flexibility index (Phi) is 5.39. The minimum Gasteiger partial charge on any atom is -0.381 e. The highest BCUT2D eigenvalue weighted by Gasteiger charge is 2.46. The molecule has 2 aromatic rings. The fraction of sp³-hybridized carbons (Fsp3) is 0.417. The molecular formula is C24H25ClO3. The molecule has 28 heavy (non-hydrogen) atoms. The normalized spacial score (nSPS) is 19.9. The van der Waals surface area contributed by atoms with Crippen LogP contribution in [0, 0.1) is 5.41 Å². The van der Waals surface area contributed by atoms with Crippen molar-refractivity contribution in [3.05, 3.63) is 58.6 Å². The molecule has 2 aromatic carbocycles. The average molecular weight is 397 g/mol. The van der Waals surface area contributed by atoms with Gasteiger partial charge in [-0.3, -0.25) is 9.59 Å². The summed E-state index contributed by atoms with van der Waals surface area (Å²) in [5.74, 6) is -0.488. The predicted octanol–water partition coefficient (Wildman–Crippen LogP) is 5.38. The summed E-state index contributed by atoms with van der Waals surface area (Å²) in [5, 5.41) is 0.688. The molecule has 1 aliphatic carbocycles. The van der Waals surface area contributed by atoms with Crippen molar-refractivity contribution in [3.63, 3.8) is 0 Å². The zero-order chi connectivity index (χ0) is 19.7. The van der Waals surface area contributed by atoms with Crippen molar-refractivity contribution in [2.45, 2.75) is 44.9 Å². The smallest absolute Gasteiger partial charge is 0.148 e. The molecule has 0 unspecified atom stereocenters. The van der Waals surface area contributed by atoms with Crippen LogP contribution in [0.4, 0.5) is 0 Å². The van der Waals surface area contributed by atoms with Crippen LogP contribution in [0.3, 0.4) is 0 Å². The molecular weight excluding hydrogens is 372 g/mol. The van der Waals surface area contributed by atoms with Crippen LogP contribution >= 0.6 is 11.6 Å². The first kappa shape index (κ1) is 19.4. The molecule has 0 aromatic heterocycles. The van der Waals surface area contributed by atoms with Crippen molar-refractivity contribution in [2.24, 2.45) is 5.41 Å². The SMILES string of the molecule is CCc1ccc(-c2ccc(Cl)cc2)cc1C1C(=O)CC2(CCOCC2)CC1=O. The van der Waals surface area contributed by atoms with Gasteiger partial charge in [0.1, 0.15) is 17.5 Å². The fourth-order valence-electron chi connectivity index (χ4n) is 4.70. The molecule has 0 N–H and O–H groups in total. The number of ketones is 2. The van der Waals surface area contributed by atoms with Crippen LogP contribution in [0.5, 0.6) is 0 Å². The van der Waals surface area contributed by atoms with Gasteiger partial charge in [0.25, 0.3) is 0 Å². The van der Waals surface area contributed by atoms with E-state index in [9.17, 15) is 9.59 Å². The van der Waals surface area contributed by atoms with Gasteiger partial charge in [-0.15, -0.1) is 0 Å². The van der Waals surface area contributed by atoms with E-state index in [0.29, 0.717) is 31.1 Å². The summed E-state index contributed by atoms with van der Waals surface area (Å²) >= 11 is 6.01. The largest absolute Gasteiger partial charge is 0.381 e. The van der Waals surface area contributed by atoms with Crippen LogP contribution in [0.25, 0.3) is 11.1 Å². The van der Waals surface area contributed by atoms with Gasteiger partial charge in [-0.25, -0.2) is 0 Å². The molecule has 4 rings (SSSR count). The number of benzene rings is 2. The molecule has 1 saturated carbocycles. The molecule has 1 saturated heterocycles. The van der Waals surface area contributed by atoms with Gasteiger partial charge >= 0.3 is 0 Å². The third-order valence-corrected chi connectivity index (χ3v) is 6.56. The van der Waals surface area contributed by atoms with E-state index in [1.54, 1.807) is 0 Å². The van der Waals surface area contributed by atoms with E-state index in [4.69, 9.17) is 16.3 Å². The standard InChI is InChI=1S/C24H25ClO3/c1-2-16-3-4-18(17-5-7-19(25)8-6-17)13-20(16)23-21(26)14-24(15-22(23)27)9-11-28-12-10-24/h3-8,13,23H,2,9-12,14-15H2,1H3. The minimum absolute atomic E-state index is 0.0705. The molecule has 1 spiro atoms. The van der Waals surface area contributed by atoms with E-state index < -0.39 is 5.92 Å². The molecule has 4 heteroatoms. The minimum atomic E-state index is -0.629. The van der Waals surface area contributed by atoms with Gasteiger partial charge < -0.3 is 4.74 Å². The second kappa shape index (κ2) is 7.81. The molecule has 0 amide bonds. The summed E-state index contributed by atoms with van der Waals surface area (Å²) in [5.41, 5.74) is 3.82. The Balaban J connectivity index is 1.69. The second-order valence-corrected chi connectivity index (χ2v) is 8.54. The van der Waals surface area contributed by atoms with Crippen LogP contribution < -0.4 is 0 Å². The van der Waals surface area contributed by atoms with E-state index >= 15 is 0 Å².